The van der Waals surface area contributed by atoms with Gasteiger partial charge < -0.3 is 4.90 Å². The van der Waals surface area contributed by atoms with Crippen molar-refractivity contribution in [3.8, 4) is 11.1 Å². The van der Waals surface area contributed by atoms with Crippen molar-refractivity contribution in [1.29, 1.82) is 0 Å². The van der Waals surface area contributed by atoms with Crippen molar-refractivity contribution < 1.29 is 18.0 Å². The van der Waals surface area contributed by atoms with Crippen LogP contribution in [0.25, 0.3) is 16.6 Å². The third-order valence-corrected chi connectivity index (χ3v) is 4.98. The van der Waals surface area contributed by atoms with Crippen LogP contribution in [0.5, 0.6) is 0 Å². The van der Waals surface area contributed by atoms with Gasteiger partial charge in [0.25, 0.3) is 0 Å². The second-order valence-corrected chi connectivity index (χ2v) is 7.10. The van der Waals surface area contributed by atoms with E-state index in [0.717, 1.165) is 17.3 Å². The standard InChI is InChI=1S/C20H18F3N3O/c1-11(2)18-17(12-6-7-15-13(9-12)10-16(27)25(15)3)19-14(20(21,22)23)5-4-8-26(19)24-18/h4-9,11H,10H2,1-3H3. The van der Waals surface area contributed by atoms with E-state index in [1.807, 2.05) is 19.9 Å². The lowest BCUT2D eigenvalue weighted by atomic mass is 9.95. The van der Waals surface area contributed by atoms with Gasteiger partial charge in [0, 0.05) is 24.5 Å². The van der Waals surface area contributed by atoms with Crippen LogP contribution in [0.15, 0.2) is 36.5 Å². The largest absolute Gasteiger partial charge is 0.418 e. The Hall–Kier alpha value is -2.83. The Balaban J connectivity index is 2.03. The fourth-order valence-electron chi connectivity index (χ4n) is 3.66. The van der Waals surface area contributed by atoms with E-state index in [1.165, 1.54) is 16.8 Å². The predicted octanol–water partition coefficient (Wildman–Crippen LogP) is 4.66. The number of alkyl halides is 3. The first-order valence-electron chi connectivity index (χ1n) is 8.66. The number of halogens is 3. The minimum Gasteiger partial charge on any atom is -0.315 e. The highest BCUT2D eigenvalue weighted by Gasteiger charge is 2.36. The number of hydrogen-bond acceptors (Lipinski definition) is 2. The molecule has 0 atom stereocenters. The first kappa shape index (κ1) is 17.6. The Bertz CT molecular complexity index is 1070. The van der Waals surface area contributed by atoms with E-state index in [9.17, 15) is 18.0 Å². The number of benzene rings is 1. The summed E-state index contributed by atoms with van der Waals surface area (Å²) < 4.78 is 42.3. The molecule has 0 N–H and O–H groups in total. The predicted molar refractivity (Wildman–Crippen MR) is 96.8 cm³/mol. The molecule has 0 radical (unpaired) electrons. The van der Waals surface area contributed by atoms with E-state index in [0.29, 0.717) is 16.8 Å². The summed E-state index contributed by atoms with van der Waals surface area (Å²) in [5, 5.41) is 4.43. The van der Waals surface area contributed by atoms with Crippen molar-refractivity contribution in [2.45, 2.75) is 32.4 Å². The number of pyridine rings is 1. The van der Waals surface area contributed by atoms with E-state index in [2.05, 4.69) is 5.10 Å². The molecule has 3 heterocycles. The molecule has 3 aromatic rings. The lowest BCUT2D eigenvalue weighted by molar-refractivity contribution is -0.136. The molecular formula is C20H18F3N3O. The van der Waals surface area contributed by atoms with Crippen LogP contribution in [0.2, 0.25) is 0 Å². The van der Waals surface area contributed by atoms with Crippen LogP contribution in [0, 0.1) is 0 Å². The maximum atomic E-state index is 13.7. The smallest absolute Gasteiger partial charge is 0.315 e. The topological polar surface area (TPSA) is 37.6 Å². The van der Waals surface area contributed by atoms with Crippen molar-refractivity contribution >= 4 is 17.1 Å². The summed E-state index contributed by atoms with van der Waals surface area (Å²) in [5.74, 6) is -0.0828. The Morgan fingerprint density at radius 2 is 1.93 bits per heavy atom. The summed E-state index contributed by atoms with van der Waals surface area (Å²) in [7, 11) is 1.70. The molecule has 1 aliphatic rings. The molecule has 140 valence electrons. The lowest BCUT2D eigenvalue weighted by Crippen LogP contribution is -2.20. The van der Waals surface area contributed by atoms with Crippen LogP contribution < -0.4 is 4.90 Å². The van der Waals surface area contributed by atoms with Gasteiger partial charge in [0.05, 0.1) is 23.2 Å². The number of rotatable bonds is 2. The van der Waals surface area contributed by atoms with Gasteiger partial charge in [-0.25, -0.2) is 4.52 Å². The Morgan fingerprint density at radius 3 is 2.59 bits per heavy atom. The van der Waals surface area contributed by atoms with E-state index >= 15 is 0 Å². The molecule has 4 rings (SSSR count). The number of anilines is 1. The number of likely N-dealkylation sites (N-methyl/N-ethyl adjacent to an activating group) is 1. The molecule has 0 aliphatic carbocycles. The lowest BCUT2D eigenvalue weighted by Gasteiger charge is -2.13. The highest BCUT2D eigenvalue weighted by Crippen LogP contribution is 2.41. The van der Waals surface area contributed by atoms with Gasteiger partial charge in [-0.2, -0.15) is 18.3 Å². The van der Waals surface area contributed by atoms with Crippen molar-refractivity contribution in [3.63, 3.8) is 0 Å². The van der Waals surface area contributed by atoms with Crippen LogP contribution in [0.4, 0.5) is 18.9 Å². The Kier molecular flexibility index (Phi) is 3.80. The number of aromatic nitrogens is 2. The first-order chi connectivity index (χ1) is 12.7. The normalized spacial score (nSPS) is 14.5. The summed E-state index contributed by atoms with van der Waals surface area (Å²) in [5.41, 5.74) is 2.67. The van der Waals surface area contributed by atoms with Crippen LogP contribution in [-0.4, -0.2) is 22.6 Å². The van der Waals surface area contributed by atoms with Crippen LogP contribution in [0.1, 0.15) is 36.6 Å². The fourth-order valence-corrected chi connectivity index (χ4v) is 3.66. The van der Waals surface area contributed by atoms with Gasteiger partial charge in [0.1, 0.15) is 0 Å². The number of fused-ring (bicyclic) bond motifs is 2. The first-order valence-corrected chi connectivity index (χ1v) is 8.66. The molecule has 0 spiro atoms. The Morgan fingerprint density at radius 1 is 1.19 bits per heavy atom. The molecule has 1 aliphatic heterocycles. The number of nitrogens with zero attached hydrogens (tertiary/aromatic N) is 3. The summed E-state index contributed by atoms with van der Waals surface area (Å²) in [6.45, 7) is 3.81. The van der Waals surface area contributed by atoms with E-state index in [1.54, 1.807) is 24.1 Å². The zero-order valence-electron chi connectivity index (χ0n) is 15.1. The molecule has 0 fully saturated rings. The SMILES string of the molecule is CC(C)c1nn2cccc(C(F)(F)F)c2c1-c1ccc2c(c1)CC(=O)N2C. The van der Waals surface area contributed by atoms with E-state index < -0.39 is 11.7 Å². The molecular weight excluding hydrogens is 355 g/mol. The van der Waals surface area contributed by atoms with Crippen LogP contribution >= 0.6 is 0 Å². The maximum Gasteiger partial charge on any atom is 0.418 e. The molecule has 1 aromatic carbocycles. The molecule has 7 heteroatoms. The van der Waals surface area contributed by atoms with Crippen molar-refractivity contribution in [3.05, 3.63) is 53.3 Å². The minimum atomic E-state index is -4.49. The molecule has 1 amide bonds. The Labute approximate surface area is 154 Å². The average Bonchev–Trinajstić information content (AvgIpc) is 3.12. The zero-order valence-corrected chi connectivity index (χ0v) is 15.1. The van der Waals surface area contributed by atoms with Gasteiger partial charge in [0.2, 0.25) is 5.91 Å². The average molecular weight is 373 g/mol. The molecule has 4 nitrogen and oxygen atoms in total. The number of amides is 1. The van der Waals surface area contributed by atoms with Gasteiger partial charge in [-0.3, -0.25) is 4.79 Å². The highest BCUT2D eigenvalue weighted by atomic mass is 19.4. The molecule has 0 saturated carbocycles. The molecule has 27 heavy (non-hydrogen) atoms. The molecule has 2 aromatic heterocycles. The van der Waals surface area contributed by atoms with Gasteiger partial charge in [-0.05, 0) is 41.3 Å². The molecule has 0 unspecified atom stereocenters. The fraction of sp³-hybridized carbons (Fsp3) is 0.300. The summed E-state index contributed by atoms with van der Waals surface area (Å²) in [6, 6.07) is 7.80. The summed E-state index contributed by atoms with van der Waals surface area (Å²) in [6.07, 6.45) is -2.70. The molecule has 0 bridgehead atoms. The third-order valence-electron chi connectivity index (χ3n) is 4.98. The van der Waals surface area contributed by atoms with Gasteiger partial charge in [0.15, 0.2) is 0 Å². The van der Waals surface area contributed by atoms with Gasteiger partial charge in [-0.1, -0.05) is 19.9 Å². The van der Waals surface area contributed by atoms with Crippen molar-refractivity contribution in [2.24, 2.45) is 0 Å². The number of carbonyl (C=O) groups is 1. The quantitative estimate of drug-likeness (QED) is 0.655. The van der Waals surface area contributed by atoms with E-state index in [4.69, 9.17) is 0 Å². The maximum absolute atomic E-state index is 13.7. The second kappa shape index (κ2) is 5.84. The third kappa shape index (κ3) is 2.69. The monoisotopic (exact) mass is 373 g/mol. The number of carbonyl (C=O) groups excluding carboxylic acids is 1. The minimum absolute atomic E-state index is 0.0259. The second-order valence-electron chi connectivity index (χ2n) is 7.10. The highest BCUT2D eigenvalue weighted by molar-refractivity contribution is 6.02. The summed E-state index contributed by atoms with van der Waals surface area (Å²) >= 11 is 0. The van der Waals surface area contributed by atoms with Crippen molar-refractivity contribution in [2.75, 3.05) is 11.9 Å². The molecule has 0 saturated heterocycles. The van der Waals surface area contributed by atoms with Crippen LogP contribution in [-0.2, 0) is 17.4 Å². The summed E-state index contributed by atoms with van der Waals surface area (Å²) in [4.78, 5) is 13.5. The van der Waals surface area contributed by atoms with Crippen molar-refractivity contribution in [1.82, 2.24) is 9.61 Å². The van der Waals surface area contributed by atoms with Crippen LogP contribution in [0.3, 0.4) is 0 Å². The zero-order chi connectivity index (χ0) is 19.5. The van der Waals surface area contributed by atoms with Gasteiger partial charge in [-0.15, -0.1) is 0 Å². The van der Waals surface area contributed by atoms with Gasteiger partial charge >= 0.3 is 6.18 Å². The van der Waals surface area contributed by atoms with E-state index in [-0.39, 0.29) is 23.8 Å². The number of hydrogen-bond donors (Lipinski definition) is 0.